The van der Waals surface area contributed by atoms with Gasteiger partial charge in [0.1, 0.15) is 22.8 Å². The highest BCUT2D eigenvalue weighted by Gasteiger charge is 2.63. The Labute approximate surface area is 161 Å². The lowest BCUT2D eigenvalue weighted by atomic mass is 9.90. The van der Waals surface area contributed by atoms with Crippen molar-refractivity contribution < 1.29 is 14.2 Å². The van der Waals surface area contributed by atoms with Gasteiger partial charge in [0, 0.05) is 0 Å². The lowest BCUT2D eigenvalue weighted by Crippen LogP contribution is -2.40. The topological polar surface area (TPSA) is 70.8 Å². The third-order valence-corrected chi connectivity index (χ3v) is 6.19. The van der Waals surface area contributed by atoms with Crippen LogP contribution >= 0.6 is 23.5 Å². The minimum absolute atomic E-state index is 0.0285. The molecule has 2 aliphatic rings. The van der Waals surface area contributed by atoms with Gasteiger partial charge in [-0.25, -0.2) is 14.5 Å². The fourth-order valence-electron chi connectivity index (χ4n) is 3.99. The van der Waals surface area contributed by atoms with E-state index >= 15 is 0 Å². The van der Waals surface area contributed by atoms with Gasteiger partial charge in [0.25, 0.3) is 0 Å². The van der Waals surface area contributed by atoms with Gasteiger partial charge in [-0.05, 0) is 39.7 Å². The molecule has 0 unspecified atom stereocenters. The van der Waals surface area contributed by atoms with Crippen molar-refractivity contribution in [3.63, 3.8) is 0 Å². The number of aromatic nitrogens is 4. The Morgan fingerprint density at radius 2 is 2.00 bits per heavy atom. The zero-order valence-corrected chi connectivity index (χ0v) is 17.5. The number of fused-ring (bicyclic) bond motifs is 2. The van der Waals surface area contributed by atoms with Gasteiger partial charge in [0.2, 0.25) is 5.16 Å². The van der Waals surface area contributed by atoms with Crippen LogP contribution in [-0.4, -0.2) is 55.7 Å². The van der Waals surface area contributed by atoms with E-state index in [0.717, 1.165) is 22.8 Å². The van der Waals surface area contributed by atoms with Crippen LogP contribution in [0.25, 0.3) is 5.65 Å². The van der Waals surface area contributed by atoms with E-state index in [1.54, 1.807) is 11.8 Å². The van der Waals surface area contributed by atoms with Crippen LogP contribution in [0, 0.1) is 0 Å². The van der Waals surface area contributed by atoms with Gasteiger partial charge in [0.15, 0.2) is 11.4 Å². The highest BCUT2D eigenvalue weighted by molar-refractivity contribution is 7.99. The second-order valence-electron chi connectivity index (χ2n) is 7.21. The van der Waals surface area contributed by atoms with Crippen LogP contribution in [0.2, 0.25) is 0 Å². The summed E-state index contributed by atoms with van der Waals surface area (Å²) >= 11 is 3.07. The van der Waals surface area contributed by atoms with Crippen molar-refractivity contribution >= 4 is 29.2 Å². The van der Waals surface area contributed by atoms with Gasteiger partial charge in [0.05, 0.1) is 18.0 Å². The second kappa shape index (κ2) is 6.34. The molecule has 2 aliphatic heterocycles. The summed E-state index contributed by atoms with van der Waals surface area (Å²) in [5.74, 6) is -0.640. The van der Waals surface area contributed by atoms with E-state index in [1.165, 1.54) is 11.8 Å². The maximum atomic E-state index is 6.39. The molecule has 0 saturated carbocycles. The van der Waals surface area contributed by atoms with Gasteiger partial charge in [-0.15, -0.1) is 16.9 Å². The number of ether oxygens (including phenoxy) is 3. The van der Waals surface area contributed by atoms with Crippen LogP contribution in [0.3, 0.4) is 0 Å². The van der Waals surface area contributed by atoms with E-state index in [9.17, 15) is 0 Å². The molecule has 4 atom stereocenters. The number of rotatable bonds is 4. The molecule has 0 radical (unpaired) electrons. The van der Waals surface area contributed by atoms with Gasteiger partial charge in [-0.2, -0.15) is 0 Å². The number of hydrogen-bond acceptors (Lipinski definition) is 8. The molecule has 2 aromatic rings. The molecule has 0 amide bonds. The van der Waals surface area contributed by atoms with Crippen molar-refractivity contribution in [1.29, 1.82) is 0 Å². The highest BCUT2D eigenvalue weighted by atomic mass is 32.2. The van der Waals surface area contributed by atoms with E-state index in [0.29, 0.717) is 5.16 Å². The smallest absolute Gasteiger partial charge is 0.208 e. The van der Waals surface area contributed by atoms with Gasteiger partial charge in [-0.1, -0.05) is 18.7 Å². The number of hydrogen-bond donors (Lipinski definition) is 0. The maximum absolute atomic E-state index is 6.39. The molecule has 26 heavy (non-hydrogen) atoms. The van der Waals surface area contributed by atoms with Gasteiger partial charge >= 0.3 is 0 Å². The lowest BCUT2D eigenvalue weighted by Gasteiger charge is -2.29. The Kier molecular flexibility index (Phi) is 4.51. The van der Waals surface area contributed by atoms with Crippen LogP contribution in [-0.2, 0) is 14.2 Å². The Bertz CT molecular complexity index is 843. The van der Waals surface area contributed by atoms with Gasteiger partial charge < -0.3 is 14.2 Å². The number of thioether (sulfide) groups is 2. The van der Waals surface area contributed by atoms with Crippen LogP contribution in [0.1, 0.15) is 45.9 Å². The van der Waals surface area contributed by atoms with E-state index in [-0.39, 0.29) is 18.3 Å². The minimum atomic E-state index is -0.640. The zero-order valence-electron chi connectivity index (χ0n) is 15.8. The largest absolute Gasteiger partial charge is 0.363 e. The first-order valence-corrected chi connectivity index (χ1v) is 11.1. The van der Waals surface area contributed by atoms with Crippen molar-refractivity contribution in [2.75, 3.05) is 12.5 Å². The van der Waals surface area contributed by atoms with E-state index < -0.39 is 11.4 Å². The molecule has 4 rings (SSSR count). The summed E-state index contributed by atoms with van der Waals surface area (Å²) in [4.78, 5) is 9.12. The van der Waals surface area contributed by atoms with Crippen LogP contribution in [0.5, 0.6) is 0 Å². The van der Waals surface area contributed by atoms with Crippen LogP contribution in [0.4, 0.5) is 0 Å². The van der Waals surface area contributed by atoms with Crippen molar-refractivity contribution in [1.82, 2.24) is 19.6 Å². The second-order valence-corrected chi connectivity index (χ2v) is 8.78. The Morgan fingerprint density at radius 3 is 2.65 bits per heavy atom. The molecule has 0 aliphatic carbocycles. The lowest BCUT2D eigenvalue weighted by molar-refractivity contribution is -0.204. The first-order chi connectivity index (χ1) is 12.3. The average molecular weight is 397 g/mol. The van der Waals surface area contributed by atoms with Crippen molar-refractivity contribution in [3.8, 4) is 0 Å². The molecule has 0 N–H and O–H groups in total. The quantitative estimate of drug-likeness (QED) is 0.729. The van der Waals surface area contributed by atoms with Crippen LogP contribution < -0.4 is 0 Å². The molecule has 0 bridgehead atoms. The molecular weight excluding hydrogens is 372 g/mol. The normalized spacial score (nSPS) is 33.1. The molecule has 2 aromatic heterocycles. The third-order valence-electron chi connectivity index (χ3n) is 5.00. The predicted molar refractivity (Wildman–Crippen MR) is 101 cm³/mol. The molecule has 7 nitrogen and oxygen atoms in total. The van der Waals surface area contributed by atoms with Crippen LogP contribution in [0.15, 0.2) is 16.4 Å². The molecular formula is C17H24N4O3S2. The monoisotopic (exact) mass is 396 g/mol. The van der Waals surface area contributed by atoms with E-state index in [1.807, 2.05) is 37.1 Å². The van der Waals surface area contributed by atoms with E-state index in [4.69, 9.17) is 14.2 Å². The minimum Gasteiger partial charge on any atom is -0.363 e. The molecule has 2 fully saturated rings. The molecule has 0 spiro atoms. The van der Waals surface area contributed by atoms with Crippen molar-refractivity contribution in [2.24, 2.45) is 0 Å². The first-order valence-electron chi connectivity index (χ1n) is 8.70. The van der Waals surface area contributed by atoms with Gasteiger partial charge in [-0.3, -0.25) is 0 Å². The molecule has 2 saturated heterocycles. The third kappa shape index (κ3) is 2.67. The maximum Gasteiger partial charge on any atom is 0.208 e. The molecule has 0 aromatic carbocycles. The summed E-state index contributed by atoms with van der Waals surface area (Å²) in [6.45, 7) is 8.08. The highest BCUT2D eigenvalue weighted by Crippen LogP contribution is 2.53. The SMILES string of the molecule is CC[C@H]1O[C@@H](c2cnc3c(SC)nc(SC)nn23)[C@]2(C)OC(C)(C)O[C@H]12. The summed E-state index contributed by atoms with van der Waals surface area (Å²) < 4.78 is 20.8. The summed E-state index contributed by atoms with van der Waals surface area (Å²) in [5, 5.41) is 6.21. The standard InChI is InChI=1S/C17H24N4O3S2/c1-7-10-12-17(4,24-16(2,3)23-12)11(22-10)9-8-18-13-14(25-5)19-15(26-6)20-21(9)13/h8,10-12H,7H2,1-6H3/t10-,11+,12-,17+/m1/s1. The Hall–Kier alpha value is -0.870. The van der Waals surface area contributed by atoms with Crippen molar-refractivity contribution in [3.05, 3.63) is 11.9 Å². The summed E-state index contributed by atoms with van der Waals surface area (Å²) in [6.07, 6.45) is 6.18. The summed E-state index contributed by atoms with van der Waals surface area (Å²) in [7, 11) is 0. The molecule has 142 valence electrons. The fourth-order valence-corrected chi connectivity index (χ4v) is 4.90. The number of imidazole rings is 1. The predicted octanol–water partition coefficient (Wildman–Crippen LogP) is 3.33. The van der Waals surface area contributed by atoms with Crippen molar-refractivity contribution in [2.45, 2.75) is 74.0 Å². The summed E-state index contributed by atoms with van der Waals surface area (Å²) in [5.41, 5.74) is 1.02. The van der Waals surface area contributed by atoms with E-state index in [2.05, 4.69) is 28.9 Å². The summed E-state index contributed by atoms with van der Waals surface area (Å²) in [6, 6.07) is 0. The molecule has 9 heteroatoms. The Balaban J connectivity index is 1.85. The zero-order chi connectivity index (χ0) is 18.7. The first kappa shape index (κ1) is 18.5. The Morgan fingerprint density at radius 1 is 1.23 bits per heavy atom. The number of nitrogens with zero attached hydrogens (tertiary/aromatic N) is 4. The molecule has 4 heterocycles. The average Bonchev–Trinajstić information content (AvgIpc) is 3.20. The fraction of sp³-hybridized carbons (Fsp3) is 0.706.